The second-order valence-electron chi connectivity index (χ2n) is 25.8. The molecule has 11 rings (SSSR count). The fourth-order valence-electron chi connectivity index (χ4n) is 13.2. The Morgan fingerprint density at radius 1 is 0.429 bits per heavy atom. The van der Waals surface area contributed by atoms with E-state index >= 15 is 0 Å². The molecule has 0 aromatic heterocycles. The molecule has 4 aliphatic rings. The first-order chi connectivity index (χ1) is 33.0. The molecule has 3 nitrogen and oxygen atoms in total. The molecule has 0 N–H and O–H groups in total. The first-order valence-corrected chi connectivity index (χ1v) is 26.3. The van der Waals surface area contributed by atoms with Gasteiger partial charge in [0, 0.05) is 50.9 Å². The average molecular weight is 920 g/mol. The minimum atomic E-state index is -0.190. The van der Waals surface area contributed by atoms with E-state index in [1.165, 1.54) is 114 Å². The summed E-state index contributed by atoms with van der Waals surface area (Å²) in [5, 5.41) is 0. The summed E-state index contributed by atoms with van der Waals surface area (Å²) in [5.41, 5.74) is 23.4. The lowest BCUT2D eigenvalue weighted by molar-refractivity contribution is 0.215. The molecule has 0 radical (unpaired) electrons. The van der Waals surface area contributed by atoms with Crippen molar-refractivity contribution in [3.05, 3.63) is 185 Å². The smallest absolute Gasteiger partial charge is 0.252 e. The van der Waals surface area contributed by atoms with Gasteiger partial charge >= 0.3 is 0 Å². The highest BCUT2D eigenvalue weighted by atomic mass is 15.3. The van der Waals surface area contributed by atoms with Gasteiger partial charge in [-0.1, -0.05) is 181 Å². The summed E-state index contributed by atoms with van der Waals surface area (Å²) in [7, 11) is 0. The number of aryl methyl sites for hydroxylation is 1. The molecule has 2 atom stereocenters. The van der Waals surface area contributed by atoms with Crippen LogP contribution in [0.1, 0.15) is 155 Å². The number of fused-ring (bicyclic) bond motifs is 7. The molecule has 70 heavy (non-hydrogen) atoms. The van der Waals surface area contributed by atoms with Crippen LogP contribution in [-0.4, -0.2) is 12.3 Å². The molecule has 3 heterocycles. The molecule has 7 aromatic rings. The summed E-state index contributed by atoms with van der Waals surface area (Å²) in [6.07, 6.45) is 4.67. The van der Waals surface area contributed by atoms with E-state index in [0.717, 1.165) is 12.8 Å². The summed E-state index contributed by atoms with van der Waals surface area (Å²) >= 11 is 0. The lowest BCUT2D eigenvalue weighted by Gasteiger charge is -2.52. The van der Waals surface area contributed by atoms with Gasteiger partial charge in [0.2, 0.25) is 0 Å². The largest absolute Gasteiger partial charge is 0.334 e. The zero-order valence-corrected chi connectivity index (χ0v) is 44.6. The van der Waals surface area contributed by atoms with Gasteiger partial charge in [-0.2, -0.15) is 0 Å². The van der Waals surface area contributed by atoms with E-state index in [4.69, 9.17) is 0 Å². The van der Waals surface area contributed by atoms with Gasteiger partial charge in [0.05, 0.1) is 5.54 Å². The van der Waals surface area contributed by atoms with E-state index in [-0.39, 0.29) is 39.3 Å². The normalized spacial score (nSPS) is 19.6. The van der Waals surface area contributed by atoms with Crippen LogP contribution in [0.3, 0.4) is 0 Å². The molecule has 2 unspecified atom stereocenters. The van der Waals surface area contributed by atoms with E-state index in [2.05, 4.69) is 257 Å². The fraction of sp³-hybridized carbons (Fsp3) is 0.364. The van der Waals surface area contributed by atoms with E-state index < -0.39 is 0 Å². The fourth-order valence-corrected chi connectivity index (χ4v) is 13.2. The summed E-state index contributed by atoms with van der Waals surface area (Å²) in [5.74, 6) is 0. The Morgan fingerprint density at radius 3 is 1.57 bits per heavy atom. The zero-order chi connectivity index (χ0) is 49.5. The number of nitrogens with zero attached hydrogens (tertiary/aromatic N) is 3. The van der Waals surface area contributed by atoms with Gasteiger partial charge in [-0.25, -0.2) is 0 Å². The van der Waals surface area contributed by atoms with Crippen molar-refractivity contribution in [1.29, 1.82) is 0 Å². The predicted octanol–water partition coefficient (Wildman–Crippen LogP) is 16.0. The first-order valence-electron chi connectivity index (χ1n) is 26.3. The van der Waals surface area contributed by atoms with Crippen LogP contribution in [0, 0.1) is 6.92 Å². The van der Waals surface area contributed by atoms with Crippen molar-refractivity contribution >= 4 is 68.6 Å². The molecule has 1 saturated carbocycles. The zero-order valence-electron chi connectivity index (χ0n) is 44.6. The standard InChI is InChI=1S/C66H74BN3/c1-43-38-58-60-59(39-43)69(50-21-19-20-47(40-50)63(8,9)10)56-41-48(64(11,12)13)30-34-53(56)67(60)54-35-33-51(42-57(54)68(58)49-31-28-45(29-32-49)62(5,6)7)70-55-23-16-15-22-52(55)66(37-18-17-36-65(66,70)14)46-26-24-44(25-27-46)61(2,3)4/h15-16,19-35,38-42H,17-18,36-37H2,1-14H3. The van der Waals surface area contributed by atoms with Crippen LogP contribution >= 0.6 is 0 Å². The quantitative estimate of drug-likeness (QED) is 0.163. The molecule has 356 valence electrons. The molecule has 4 heteroatoms. The lowest BCUT2D eigenvalue weighted by atomic mass is 9.33. The Balaban J connectivity index is 1.17. The van der Waals surface area contributed by atoms with Crippen LogP contribution in [0.15, 0.2) is 146 Å². The number of rotatable bonds is 4. The molecule has 0 saturated heterocycles. The molecular formula is C66H74BN3. The Bertz CT molecular complexity index is 3190. The summed E-state index contributed by atoms with van der Waals surface area (Å²) in [4.78, 5) is 8.00. The average Bonchev–Trinajstić information content (AvgIpc) is 3.55. The number of para-hydroxylation sites is 1. The van der Waals surface area contributed by atoms with Crippen LogP contribution in [0.2, 0.25) is 0 Å². The molecule has 0 bridgehead atoms. The topological polar surface area (TPSA) is 9.72 Å². The maximum Gasteiger partial charge on any atom is 0.252 e. The Hall–Kier alpha value is -6.00. The summed E-state index contributed by atoms with van der Waals surface area (Å²) in [6, 6.07) is 57.9. The van der Waals surface area contributed by atoms with Crippen LogP contribution in [0.25, 0.3) is 0 Å². The van der Waals surface area contributed by atoms with Crippen LogP contribution in [0.5, 0.6) is 0 Å². The Morgan fingerprint density at radius 2 is 0.943 bits per heavy atom. The third kappa shape index (κ3) is 7.04. The van der Waals surface area contributed by atoms with Crippen LogP contribution in [-0.2, 0) is 27.1 Å². The molecule has 1 aliphatic carbocycles. The van der Waals surface area contributed by atoms with Crippen molar-refractivity contribution in [3.63, 3.8) is 0 Å². The number of hydrogen-bond donors (Lipinski definition) is 0. The van der Waals surface area contributed by atoms with Crippen molar-refractivity contribution in [2.45, 2.75) is 155 Å². The van der Waals surface area contributed by atoms with Crippen molar-refractivity contribution in [2.24, 2.45) is 0 Å². The third-order valence-corrected chi connectivity index (χ3v) is 17.0. The highest BCUT2D eigenvalue weighted by molar-refractivity contribution is 7.00. The van der Waals surface area contributed by atoms with Gasteiger partial charge in [-0.15, -0.1) is 0 Å². The maximum absolute atomic E-state index is 2.78. The van der Waals surface area contributed by atoms with Gasteiger partial charge in [0.25, 0.3) is 6.71 Å². The van der Waals surface area contributed by atoms with Gasteiger partial charge < -0.3 is 14.7 Å². The number of hydrogen-bond acceptors (Lipinski definition) is 3. The summed E-state index contributed by atoms with van der Waals surface area (Å²) < 4.78 is 0. The number of anilines is 8. The molecule has 1 fully saturated rings. The minimum absolute atomic E-state index is 0.00418. The van der Waals surface area contributed by atoms with Gasteiger partial charge in [0.15, 0.2) is 0 Å². The maximum atomic E-state index is 2.78. The van der Waals surface area contributed by atoms with E-state index in [0.29, 0.717) is 0 Å². The second-order valence-corrected chi connectivity index (χ2v) is 25.8. The SMILES string of the molecule is Cc1cc2c3c(c1)N(c1cccc(C(C)(C)C)c1)c1cc(C(C)(C)C)ccc1B3c1ccc(N3c4ccccc4C4(c5ccc(C(C)(C)C)cc5)CCCCC34C)cc1N2c1ccc(C(C)(C)C)cc1. The summed E-state index contributed by atoms with van der Waals surface area (Å²) in [6.45, 7) is 32.9. The van der Waals surface area contributed by atoms with Gasteiger partial charge in [-0.05, 0) is 164 Å². The first kappa shape index (κ1) is 46.4. The van der Waals surface area contributed by atoms with Crippen molar-refractivity contribution in [3.8, 4) is 0 Å². The lowest BCUT2D eigenvalue weighted by Crippen LogP contribution is -2.61. The molecular weight excluding hydrogens is 846 g/mol. The minimum Gasteiger partial charge on any atom is -0.334 e. The monoisotopic (exact) mass is 920 g/mol. The molecule has 3 aliphatic heterocycles. The Labute approximate surface area is 421 Å². The van der Waals surface area contributed by atoms with Gasteiger partial charge in [0.1, 0.15) is 0 Å². The van der Waals surface area contributed by atoms with Gasteiger partial charge in [-0.3, -0.25) is 0 Å². The highest BCUT2D eigenvalue weighted by Gasteiger charge is 2.61. The highest BCUT2D eigenvalue weighted by Crippen LogP contribution is 2.64. The van der Waals surface area contributed by atoms with E-state index in [1.807, 2.05) is 0 Å². The van der Waals surface area contributed by atoms with Crippen molar-refractivity contribution in [2.75, 3.05) is 14.7 Å². The van der Waals surface area contributed by atoms with Crippen molar-refractivity contribution in [1.82, 2.24) is 0 Å². The number of benzene rings is 7. The van der Waals surface area contributed by atoms with Crippen molar-refractivity contribution < 1.29 is 0 Å². The molecule has 0 amide bonds. The van der Waals surface area contributed by atoms with Crippen LogP contribution in [0.4, 0.5) is 45.5 Å². The van der Waals surface area contributed by atoms with Crippen LogP contribution < -0.4 is 31.1 Å². The second kappa shape index (κ2) is 15.8. The van der Waals surface area contributed by atoms with E-state index in [9.17, 15) is 0 Å². The Kier molecular flexibility index (Phi) is 10.4. The molecule has 0 spiro atoms. The predicted molar refractivity (Wildman–Crippen MR) is 303 cm³/mol. The molecule has 7 aromatic carbocycles. The van der Waals surface area contributed by atoms with E-state index in [1.54, 1.807) is 0 Å². The third-order valence-electron chi connectivity index (χ3n) is 17.0.